The van der Waals surface area contributed by atoms with Crippen molar-refractivity contribution in [1.29, 1.82) is 0 Å². The number of benzene rings is 1. The summed E-state index contributed by atoms with van der Waals surface area (Å²) in [5, 5.41) is 3.91. The minimum atomic E-state index is 0.417. The van der Waals surface area contributed by atoms with Crippen molar-refractivity contribution in [2.75, 3.05) is 7.11 Å². The van der Waals surface area contributed by atoms with Crippen LogP contribution in [0.2, 0.25) is 0 Å². The van der Waals surface area contributed by atoms with Crippen molar-refractivity contribution < 1.29 is 14.0 Å². The van der Waals surface area contributed by atoms with Crippen LogP contribution in [0, 0.1) is 13.8 Å². The highest BCUT2D eigenvalue weighted by atomic mass is 16.5. The smallest absolute Gasteiger partial charge is 0.161 e. The SMILES string of the molecule is CC=Cc1ccc(OCc2c(C)noc2C)c(OC)c1. The van der Waals surface area contributed by atoms with Crippen molar-refractivity contribution in [2.45, 2.75) is 27.4 Å². The number of nitrogens with zero attached hydrogens (tertiary/aromatic N) is 1. The van der Waals surface area contributed by atoms with Crippen molar-refractivity contribution in [3.8, 4) is 11.5 Å². The van der Waals surface area contributed by atoms with E-state index in [0.717, 1.165) is 22.6 Å². The topological polar surface area (TPSA) is 44.5 Å². The lowest BCUT2D eigenvalue weighted by Crippen LogP contribution is -1.99. The lowest BCUT2D eigenvalue weighted by molar-refractivity contribution is 0.281. The van der Waals surface area contributed by atoms with Gasteiger partial charge in [-0.25, -0.2) is 0 Å². The van der Waals surface area contributed by atoms with Crippen LogP contribution in [0.15, 0.2) is 28.8 Å². The highest BCUT2D eigenvalue weighted by Crippen LogP contribution is 2.29. The number of aromatic nitrogens is 1. The molecule has 2 aromatic rings. The van der Waals surface area contributed by atoms with Gasteiger partial charge >= 0.3 is 0 Å². The average Bonchev–Trinajstić information content (AvgIpc) is 2.77. The fraction of sp³-hybridized carbons (Fsp3) is 0.312. The van der Waals surface area contributed by atoms with Crippen LogP contribution in [0.3, 0.4) is 0 Å². The Hall–Kier alpha value is -2.23. The molecule has 0 fully saturated rings. The summed E-state index contributed by atoms with van der Waals surface area (Å²) in [4.78, 5) is 0. The van der Waals surface area contributed by atoms with E-state index in [-0.39, 0.29) is 0 Å². The summed E-state index contributed by atoms with van der Waals surface area (Å²) >= 11 is 0. The summed E-state index contributed by atoms with van der Waals surface area (Å²) in [5.41, 5.74) is 2.91. The second-order valence-electron chi connectivity index (χ2n) is 4.50. The zero-order chi connectivity index (χ0) is 14.5. The molecule has 0 unspecified atom stereocenters. The molecule has 20 heavy (non-hydrogen) atoms. The number of ether oxygens (including phenoxy) is 2. The minimum absolute atomic E-state index is 0.417. The lowest BCUT2D eigenvalue weighted by Gasteiger charge is -2.11. The Morgan fingerprint density at radius 1 is 1.25 bits per heavy atom. The molecule has 4 heteroatoms. The number of methoxy groups -OCH3 is 1. The second kappa shape index (κ2) is 6.28. The van der Waals surface area contributed by atoms with Gasteiger partial charge in [-0.05, 0) is 38.5 Å². The zero-order valence-electron chi connectivity index (χ0n) is 12.3. The summed E-state index contributed by atoms with van der Waals surface area (Å²) in [7, 11) is 1.64. The van der Waals surface area contributed by atoms with E-state index < -0.39 is 0 Å². The Morgan fingerprint density at radius 2 is 2.05 bits per heavy atom. The average molecular weight is 273 g/mol. The number of aryl methyl sites for hydroxylation is 2. The van der Waals surface area contributed by atoms with E-state index in [9.17, 15) is 0 Å². The third-order valence-electron chi connectivity index (χ3n) is 3.10. The maximum Gasteiger partial charge on any atom is 0.161 e. The minimum Gasteiger partial charge on any atom is -0.493 e. The molecule has 1 aromatic heterocycles. The molecule has 0 radical (unpaired) electrons. The number of hydrogen-bond donors (Lipinski definition) is 0. The van der Waals surface area contributed by atoms with E-state index in [0.29, 0.717) is 18.1 Å². The molecule has 0 N–H and O–H groups in total. The molecule has 0 saturated heterocycles. The summed E-state index contributed by atoms with van der Waals surface area (Å²) in [6, 6.07) is 5.85. The van der Waals surface area contributed by atoms with E-state index in [1.54, 1.807) is 7.11 Å². The van der Waals surface area contributed by atoms with Crippen LogP contribution in [0.1, 0.15) is 29.5 Å². The predicted octanol–water partition coefficient (Wildman–Crippen LogP) is 3.91. The maximum absolute atomic E-state index is 5.82. The number of rotatable bonds is 5. The molecule has 4 nitrogen and oxygen atoms in total. The molecule has 0 aliphatic heterocycles. The van der Waals surface area contributed by atoms with Gasteiger partial charge in [0.05, 0.1) is 18.4 Å². The van der Waals surface area contributed by atoms with Gasteiger partial charge in [0.15, 0.2) is 11.5 Å². The van der Waals surface area contributed by atoms with E-state index in [1.165, 1.54) is 0 Å². The molecule has 0 amide bonds. The summed E-state index contributed by atoms with van der Waals surface area (Å²) in [6.07, 6.45) is 4.00. The van der Waals surface area contributed by atoms with Gasteiger partial charge in [-0.2, -0.15) is 0 Å². The van der Waals surface area contributed by atoms with E-state index in [2.05, 4.69) is 5.16 Å². The van der Waals surface area contributed by atoms with Gasteiger partial charge in [-0.1, -0.05) is 23.4 Å². The van der Waals surface area contributed by atoms with Gasteiger partial charge < -0.3 is 14.0 Å². The van der Waals surface area contributed by atoms with E-state index >= 15 is 0 Å². The molecule has 0 aliphatic carbocycles. The largest absolute Gasteiger partial charge is 0.493 e. The van der Waals surface area contributed by atoms with Crippen molar-refractivity contribution in [3.05, 3.63) is 46.9 Å². The molecule has 0 aliphatic rings. The molecular formula is C16H19NO3. The van der Waals surface area contributed by atoms with Crippen LogP contribution < -0.4 is 9.47 Å². The van der Waals surface area contributed by atoms with Gasteiger partial charge in [0.25, 0.3) is 0 Å². The molecule has 0 atom stereocenters. The first-order valence-corrected chi connectivity index (χ1v) is 6.51. The number of allylic oxidation sites excluding steroid dienone is 1. The van der Waals surface area contributed by atoms with Crippen molar-refractivity contribution in [2.24, 2.45) is 0 Å². The zero-order valence-corrected chi connectivity index (χ0v) is 12.3. The van der Waals surface area contributed by atoms with Gasteiger partial charge in [-0.3, -0.25) is 0 Å². The fourth-order valence-electron chi connectivity index (χ4n) is 1.96. The normalized spacial score (nSPS) is 11.0. The molecule has 0 bridgehead atoms. The fourth-order valence-corrected chi connectivity index (χ4v) is 1.96. The van der Waals surface area contributed by atoms with Crippen LogP contribution in [-0.4, -0.2) is 12.3 Å². The van der Waals surface area contributed by atoms with Crippen LogP contribution in [-0.2, 0) is 6.61 Å². The first kappa shape index (κ1) is 14.2. The van der Waals surface area contributed by atoms with Crippen LogP contribution in [0.4, 0.5) is 0 Å². The van der Waals surface area contributed by atoms with Crippen LogP contribution in [0.25, 0.3) is 6.08 Å². The molecule has 106 valence electrons. The summed E-state index contributed by atoms with van der Waals surface area (Å²) in [5.74, 6) is 2.21. The molecule has 2 rings (SSSR count). The summed E-state index contributed by atoms with van der Waals surface area (Å²) in [6.45, 7) is 6.18. The van der Waals surface area contributed by atoms with Crippen LogP contribution in [0.5, 0.6) is 11.5 Å². The van der Waals surface area contributed by atoms with E-state index in [4.69, 9.17) is 14.0 Å². The molecule has 1 heterocycles. The first-order valence-electron chi connectivity index (χ1n) is 6.51. The highest BCUT2D eigenvalue weighted by Gasteiger charge is 2.11. The molecule has 0 spiro atoms. The lowest BCUT2D eigenvalue weighted by atomic mass is 10.2. The van der Waals surface area contributed by atoms with Crippen molar-refractivity contribution in [3.63, 3.8) is 0 Å². The second-order valence-corrected chi connectivity index (χ2v) is 4.50. The Bertz CT molecular complexity index is 595. The Kier molecular flexibility index (Phi) is 4.45. The number of hydrogen-bond acceptors (Lipinski definition) is 4. The molecule has 1 aromatic carbocycles. The van der Waals surface area contributed by atoms with Crippen molar-refractivity contribution >= 4 is 6.08 Å². The highest BCUT2D eigenvalue weighted by molar-refractivity contribution is 5.55. The van der Waals surface area contributed by atoms with Crippen molar-refractivity contribution in [1.82, 2.24) is 5.16 Å². The Labute approximate surface area is 119 Å². The quantitative estimate of drug-likeness (QED) is 0.828. The third kappa shape index (κ3) is 3.02. The standard InChI is InChI=1S/C16H19NO3/c1-5-6-13-7-8-15(16(9-13)18-4)19-10-14-11(2)17-20-12(14)3/h5-9H,10H2,1-4H3. The molecular weight excluding hydrogens is 254 g/mol. The first-order chi connectivity index (χ1) is 9.65. The van der Waals surface area contributed by atoms with E-state index in [1.807, 2.05) is 51.1 Å². The predicted molar refractivity (Wildman–Crippen MR) is 78.0 cm³/mol. The van der Waals surface area contributed by atoms with Gasteiger partial charge in [0.1, 0.15) is 12.4 Å². The third-order valence-corrected chi connectivity index (χ3v) is 3.10. The Morgan fingerprint density at radius 3 is 2.65 bits per heavy atom. The van der Waals surface area contributed by atoms with Gasteiger partial charge in [0.2, 0.25) is 0 Å². The van der Waals surface area contributed by atoms with Gasteiger partial charge in [0, 0.05) is 0 Å². The monoisotopic (exact) mass is 273 g/mol. The van der Waals surface area contributed by atoms with Crippen LogP contribution >= 0.6 is 0 Å². The van der Waals surface area contributed by atoms with Gasteiger partial charge in [-0.15, -0.1) is 0 Å². The maximum atomic E-state index is 5.82. The molecule has 0 saturated carbocycles. The summed E-state index contributed by atoms with van der Waals surface area (Å²) < 4.78 is 16.3. The Balaban J connectivity index is 2.17.